The molecule has 0 fully saturated rings. The van der Waals surface area contributed by atoms with Crippen molar-refractivity contribution in [3.05, 3.63) is 67.8 Å². The Hall–Kier alpha value is -2.86. The summed E-state index contributed by atoms with van der Waals surface area (Å²) in [5.41, 5.74) is -0.797. The Balaban J connectivity index is 2.44. The minimum atomic E-state index is -0.741. The largest absolute Gasteiger partial charge is 0.493 e. The van der Waals surface area contributed by atoms with Crippen LogP contribution < -0.4 is 10.2 Å². The number of hydrogen-bond acceptors (Lipinski definition) is 5. The molecular weight excluding hydrogens is 322 g/mol. The average Bonchev–Trinajstić information content (AvgIpc) is 2.54. The summed E-state index contributed by atoms with van der Waals surface area (Å²) in [6.07, 6.45) is 0. The minimum absolute atomic E-state index is 0.0914. The highest BCUT2D eigenvalue weighted by atomic mass is 35.5. The van der Waals surface area contributed by atoms with Crippen molar-refractivity contribution in [2.75, 3.05) is 7.11 Å². The molecule has 3 rings (SSSR count). The van der Waals surface area contributed by atoms with Gasteiger partial charge in [-0.2, -0.15) is 0 Å². The molecule has 23 heavy (non-hydrogen) atoms. The number of ether oxygens (including phenoxy) is 1. The van der Waals surface area contributed by atoms with Gasteiger partial charge in [0.25, 0.3) is 5.43 Å². The second kappa shape index (κ2) is 5.73. The molecule has 0 aliphatic rings. The zero-order valence-corrected chi connectivity index (χ0v) is 12.7. The molecule has 0 N–H and O–H groups in total. The fourth-order valence-corrected chi connectivity index (χ4v) is 2.43. The van der Waals surface area contributed by atoms with E-state index in [1.165, 1.54) is 13.2 Å². The van der Waals surface area contributed by atoms with E-state index in [0.29, 0.717) is 16.3 Å². The van der Waals surface area contributed by atoms with Crippen molar-refractivity contribution >= 4 is 28.3 Å². The third-order valence-corrected chi connectivity index (χ3v) is 3.62. The summed E-state index contributed by atoms with van der Waals surface area (Å²) in [5, 5.41) is 11.9. The molecule has 0 aliphatic heterocycles. The van der Waals surface area contributed by atoms with Gasteiger partial charge in [0.2, 0.25) is 5.76 Å². The first-order valence-corrected chi connectivity index (χ1v) is 6.95. The summed E-state index contributed by atoms with van der Waals surface area (Å²) in [4.78, 5) is 23.1. The van der Waals surface area contributed by atoms with Gasteiger partial charge >= 0.3 is 5.69 Å². The monoisotopic (exact) mass is 331 g/mol. The number of para-hydroxylation sites is 1. The molecule has 6 nitrogen and oxygen atoms in total. The third kappa shape index (κ3) is 2.53. The maximum absolute atomic E-state index is 12.5. The zero-order valence-electron chi connectivity index (χ0n) is 11.9. The highest BCUT2D eigenvalue weighted by Gasteiger charge is 2.26. The number of rotatable bonds is 3. The third-order valence-electron chi connectivity index (χ3n) is 3.37. The van der Waals surface area contributed by atoms with E-state index in [9.17, 15) is 14.9 Å². The van der Waals surface area contributed by atoms with Crippen LogP contribution in [-0.2, 0) is 0 Å². The van der Waals surface area contributed by atoms with E-state index in [1.807, 2.05) is 0 Å². The van der Waals surface area contributed by atoms with Gasteiger partial charge in [-0.3, -0.25) is 14.9 Å². The molecule has 7 heteroatoms. The van der Waals surface area contributed by atoms with Gasteiger partial charge in [0.05, 0.1) is 17.4 Å². The van der Waals surface area contributed by atoms with Crippen LogP contribution >= 0.6 is 11.6 Å². The fraction of sp³-hybridized carbons (Fsp3) is 0.0625. The first-order valence-electron chi connectivity index (χ1n) is 6.57. The Morgan fingerprint density at radius 3 is 2.48 bits per heavy atom. The predicted molar refractivity (Wildman–Crippen MR) is 86.1 cm³/mol. The standard InChI is InChI=1S/C16H10ClNO5/c1-22-12-4-2-3-11-14(19)13(18(20)21)15(23-16(11)12)9-5-7-10(17)8-6-9/h2-8H,1H3. The Morgan fingerprint density at radius 2 is 1.87 bits per heavy atom. The van der Waals surface area contributed by atoms with Crippen molar-refractivity contribution in [2.24, 2.45) is 0 Å². The summed E-state index contributed by atoms with van der Waals surface area (Å²) < 4.78 is 10.8. The number of halogens is 1. The molecule has 116 valence electrons. The molecule has 0 radical (unpaired) electrons. The van der Waals surface area contributed by atoms with E-state index in [4.69, 9.17) is 20.8 Å². The molecular formula is C16H10ClNO5. The maximum atomic E-state index is 12.5. The van der Waals surface area contributed by atoms with Crippen molar-refractivity contribution in [2.45, 2.75) is 0 Å². The SMILES string of the molecule is COc1cccc2c(=O)c([N+](=O)[O-])c(-c3ccc(Cl)cc3)oc12. The van der Waals surface area contributed by atoms with Gasteiger partial charge < -0.3 is 9.15 Å². The molecule has 0 saturated carbocycles. The van der Waals surface area contributed by atoms with Crippen LogP contribution in [-0.4, -0.2) is 12.0 Å². The number of methoxy groups -OCH3 is 1. The van der Waals surface area contributed by atoms with Crippen LogP contribution in [0.2, 0.25) is 5.02 Å². The quantitative estimate of drug-likeness (QED) is 0.534. The Labute approximate surface area is 135 Å². The van der Waals surface area contributed by atoms with E-state index < -0.39 is 16.0 Å². The Morgan fingerprint density at radius 1 is 1.17 bits per heavy atom. The van der Waals surface area contributed by atoms with Gasteiger partial charge in [-0.15, -0.1) is 0 Å². The number of nitro groups is 1. The molecule has 0 saturated heterocycles. The summed E-state index contributed by atoms with van der Waals surface area (Å²) in [5.74, 6) is 0.193. The molecule has 2 aromatic carbocycles. The van der Waals surface area contributed by atoms with Gasteiger partial charge in [-0.1, -0.05) is 17.7 Å². The molecule has 0 unspecified atom stereocenters. The van der Waals surface area contributed by atoms with Crippen LogP contribution in [0.15, 0.2) is 51.7 Å². The molecule has 0 spiro atoms. The summed E-state index contributed by atoms with van der Waals surface area (Å²) in [7, 11) is 1.43. The number of benzene rings is 2. The number of hydrogen-bond donors (Lipinski definition) is 0. The smallest absolute Gasteiger partial charge is 0.359 e. The van der Waals surface area contributed by atoms with Crippen molar-refractivity contribution in [1.29, 1.82) is 0 Å². The zero-order chi connectivity index (χ0) is 16.6. The van der Waals surface area contributed by atoms with Gasteiger partial charge in [0.15, 0.2) is 11.3 Å². The topological polar surface area (TPSA) is 82.6 Å². The second-order valence-electron chi connectivity index (χ2n) is 4.71. The lowest BCUT2D eigenvalue weighted by molar-refractivity contribution is -0.386. The normalized spacial score (nSPS) is 10.7. The van der Waals surface area contributed by atoms with E-state index in [0.717, 1.165) is 0 Å². The summed E-state index contributed by atoms with van der Waals surface area (Å²) in [6, 6.07) is 10.9. The second-order valence-corrected chi connectivity index (χ2v) is 5.15. The van der Waals surface area contributed by atoms with Crippen molar-refractivity contribution in [3.8, 4) is 17.1 Å². The maximum Gasteiger partial charge on any atom is 0.359 e. The molecule has 1 heterocycles. The van der Waals surface area contributed by atoms with Crippen molar-refractivity contribution in [3.63, 3.8) is 0 Å². The lowest BCUT2D eigenvalue weighted by Crippen LogP contribution is -2.10. The highest BCUT2D eigenvalue weighted by molar-refractivity contribution is 6.30. The highest BCUT2D eigenvalue weighted by Crippen LogP contribution is 2.34. The predicted octanol–water partition coefficient (Wildman–Crippen LogP) is 4.03. The Kier molecular flexibility index (Phi) is 3.75. The number of fused-ring (bicyclic) bond motifs is 1. The van der Waals surface area contributed by atoms with Crippen LogP contribution in [0.25, 0.3) is 22.3 Å². The summed E-state index contributed by atoms with van der Waals surface area (Å²) in [6.45, 7) is 0. The first kappa shape index (κ1) is 15.1. The van der Waals surface area contributed by atoms with Crippen LogP contribution in [0.3, 0.4) is 0 Å². The van der Waals surface area contributed by atoms with E-state index >= 15 is 0 Å². The van der Waals surface area contributed by atoms with Crippen LogP contribution in [0, 0.1) is 10.1 Å². The van der Waals surface area contributed by atoms with Crippen LogP contribution in [0.5, 0.6) is 5.75 Å². The Bertz CT molecular complexity index is 963. The lowest BCUT2D eigenvalue weighted by Gasteiger charge is -2.07. The molecule has 0 bridgehead atoms. The minimum Gasteiger partial charge on any atom is -0.493 e. The molecule has 0 aliphatic carbocycles. The summed E-state index contributed by atoms with van der Waals surface area (Å²) >= 11 is 5.83. The number of nitrogens with zero attached hydrogens (tertiary/aromatic N) is 1. The van der Waals surface area contributed by atoms with Crippen molar-refractivity contribution < 1.29 is 14.1 Å². The van der Waals surface area contributed by atoms with Gasteiger partial charge in [0.1, 0.15) is 0 Å². The first-order chi connectivity index (χ1) is 11.0. The van der Waals surface area contributed by atoms with Gasteiger partial charge in [-0.05, 0) is 36.4 Å². The van der Waals surface area contributed by atoms with Gasteiger partial charge in [-0.25, -0.2) is 0 Å². The van der Waals surface area contributed by atoms with E-state index in [-0.39, 0.29) is 16.7 Å². The molecule has 3 aromatic rings. The average molecular weight is 332 g/mol. The molecule has 1 aromatic heterocycles. The van der Waals surface area contributed by atoms with E-state index in [1.54, 1.807) is 36.4 Å². The molecule has 0 amide bonds. The van der Waals surface area contributed by atoms with Crippen LogP contribution in [0.1, 0.15) is 0 Å². The van der Waals surface area contributed by atoms with Gasteiger partial charge in [0, 0.05) is 10.6 Å². The lowest BCUT2D eigenvalue weighted by atomic mass is 10.1. The van der Waals surface area contributed by atoms with Crippen molar-refractivity contribution in [1.82, 2.24) is 0 Å². The molecule has 0 atom stereocenters. The fourth-order valence-electron chi connectivity index (χ4n) is 2.30. The van der Waals surface area contributed by atoms with Crippen LogP contribution in [0.4, 0.5) is 5.69 Å². The van der Waals surface area contributed by atoms with E-state index in [2.05, 4.69) is 0 Å².